The molecule has 2 amide bonds. The van der Waals surface area contributed by atoms with E-state index >= 15 is 0 Å². The molecule has 188 valence electrons. The van der Waals surface area contributed by atoms with Crippen LogP contribution in [-0.4, -0.2) is 52.7 Å². The number of amides is 2. The fourth-order valence-corrected chi connectivity index (χ4v) is 4.66. The minimum Gasteiger partial charge on any atom is -0.469 e. The van der Waals surface area contributed by atoms with Gasteiger partial charge in [-0.25, -0.2) is 4.68 Å². The molecule has 1 saturated heterocycles. The van der Waals surface area contributed by atoms with E-state index in [-0.39, 0.29) is 23.7 Å². The Morgan fingerprint density at radius 2 is 1.67 bits per heavy atom. The lowest BCUT2D eigenvalue weighted by Gasteiger charge is -2.31. The Balaban J connectivity index is 1.36. The number of nitrogens with one attached hydrogen (secondary N) is 1. The number of carbonyl (C=O) groups is 3. The predicted molar refractivity (Wildman–Crippen MR) is 137 cm³/mol. The van der Waals surface area contributed by atoms with Crippen LogP contribution in [0.2, 0.25) is 0 Å². The van der Waals surface area contributed by atoms with Crippen LogP contribution in [-0.2, 0) is 20.7 Å². The fraction of sp³-hybridized carbons (Fsp3) is 0.357. The molecular formula is C28H32N4O4. The SMILES string of the molecule is COC(=O)CCc1c(C)nn(-c2ccc(C(=O)N3CCC(C(=O)Nc4ccccc4)CC3)cc2)c1C. The van der Waals surface area contributed by atoms with Gasteiger partial charge < -0.3 is 15.0 Å². The Labute approximate surface area is 211 Å². The molecule has 8 nitrogen and oxygen atoms in total. The fourth-order valence-electron chi connectivity index (χ4n) is 4.66. The quantitative estimate of drug-likeness (QED) is 0.506. The summed E-state index contributed by atoms with van der Waals surface area (Å²) < 4.78 is 6.59. The first-order valence-corrected chi connectivity index (χ1v) is 12.2. The molecule has 2 aromatic carbocycles. The first-order valence-electron chi connectivity index (χ1n) is 12.2. The van der Waals surface area contributed by atoms with Crippen LogP contribution in [0.25, 0.3) is 5.69 Å². The molecule has 0 bridgehead atoms. The van der Waals surface area contributed by atoms with Crippen molar-refractivity contribution < 1.29 is 19.1 Å². The third-order valence-electron chi connectivity index (χ3n) is 6.80. The van der Waals surface area contributed by atoms with Crippen molar-refractivity contribution in [2.24, 2.45) is 5.92 Å². The zero-order valence-electron chi connectivity index (χ0n) is 21.0. The average molecular weight is 489 g/mol. The standard InChI is InChI=1S/C28H32N4O4/c1-19-25(13-14-26(33)36-3)20(2)32(30-19)24-11-9-22(10-12-24)28(35)31-17-15-21(16-18-31)27(34)29-23-7-5-4-6-8-23/h4-12,21H,13-18H2,1-3H3,(H,29,34). The number of anilines is 1. The van der Waals surface area contributed by atoms with Crippen molar-refractivity contribution in [3.63, 3.8) is 0 Å². The molecule has 0 unspecified atom stereocenters. The monoisotopic (exact) mass is 488 g/mol. The molecule has 1 N–H and O–H groups in total. The maximum Gasteiger partial charge on any atom is 0.305 e. The van der Waals surface area contributed by atoms with Crippen molar-refractivity contribution in [2.45, 2.75) is 39.5 Å². The molecule has 0 saturated carbocycles. The summed E-state index contributed by atoms with van der Waals surface area (Å²) in [7, 11) is 1.39. The summed E-state index contributed by atoms with van der Waals surface area (Å²) in [6, 6.07) is 16.8. The van der Waals surface area contributed by atoms with E-state index in [0.717, 1.165) is 28.3 Å². The third kappa shape index (κ3) is 5.64. The third-order valence-corrected chi connectivity index (χ3v) is 6.80. The minimum atomic E-state index is -0.245. The maximum absolute atomic E-state index is 13.1. The van der Waals surface area contributed by atoms with Gasteiger partial charge in [0.05, 0.1) is 18.5 Å². The highest BCUT2D eigenvalue weighted by atomic mass is 16.5. The van der Waals surface area contributed by atoms with Gasteiger partial charge in [-0.1, -0.05) is 18.2 Å². The van der Waals surface area contributed by atoms with Crippen LogP contribution >= 0.6 is 0 Å². The first-order chi connectivity index (χ1) is 17.4. The van der Waals surface area contributed by atoms with E-state index in [1.807, 2.05) is 78.0 Å². The van der Waals surface area contributed by atoms with Crippen molar-refractivity contribution in [2.75, 3.05) is 25.5 Å². The molecule has 1 aromatic heterocycles. The molecule has 36 heavy (non-hydrogen) atoms. The van der Waals surface area contributed by atoms with E-state index in [0.29, 0.717) is 44.3 Å². The molecule has 0 aliphatic carbocycles. The number of carbonyl (C=O) groups excluding carboxylic acids is 3. The topological polar surface area (TPSA) is 93.5 Å². The Kier molecular flexibility index (Phi) is 7.83. The maximum atomic E-state index is 13.1. The second-order valence-corrected chi connectivity index (χ2v) is 9.11. The van der Waals surface area contributed by atoms with Gasteiger partial charge in [-0.05, 0) is 75.1 Å². The molecular weight excluding hydrogens is 456 g/mol. The summed E-state index contributed by atoms with van der Waals surface area (Å²) in [5.74, 6) is -0.370. The number of esters is 1. The summed E-state index contributed by atoms with van der Waals surface area (Å²) in [4.78, 5) is 39.0. The van der Waals surface area contributed by atoms with Crippen LogP contribution in [0.3, 0.4) is 0 Å². The highest BCUT2D eigenvalue weighted by Gasteiger charge is 2.28. The Hall–Kier alpha value is -3.94. The van der Waals surface area contributed by atoms with Gasteiger partial charge in [-0.15, -0.1) is 0 Å². The molecule has 1 aliphatic rings. The van der Waals surface area contributed by atoms with Crippen molar-refractivity contribution in [1.29, 1.82) is 0 Å². The molecule has 1 fully saturated rings. The lowest BCUT2D eigenvalue weighted by Crippen LogP contribution is -2.41. The van der Waals surface area contributed by atoms with Gasteiger partial charge in [0.1, 0.15) is 0 Å². The minimum absolute atomic E-state index is 0.00786. The molecule has 0 spiro atoms. The van der Waals surface area contributed by atoms with Gasteiger partial charge in [0.2, 0.25) is 5.91 Å². The van der Waals surface area contributed by atoms with Crippen LogP contribution in [0.1, 0.15) is 46.6 Å². The number of rotatable bonds is 7. The van der Waals surface area contributed by atoms with Crippen molar-refractivity contribution in [3.8, 4) is 5.69 Å². The van der Waals surface area contributed by atoms with Gasteiger partial charge in [0, 0.05) is 42.4 Å². The summed E-state index contributed by atoms with van der Waals surface area (Å²) in [5, 5.41) is 7.60. The van der Waals surface area contributed by atoms with Crippen molar-refractivity contribution >= 4 is 23.5 Å². The molecule has 0 atom stereocenters. The van der Waals surface area contributed by atoms with Crippen LogP contribution in [0, 0.1) is 19.8 Å². The van der Waals surface area contributed by atoms with E-state index in [1.54, 1.807) is 0 Å². The van der Waals surface area contributed by atoms with Gasteiger partial charge in [0.15, 0.2) is 0 Å². The summed E-state index contributed by atoms with van der Waals surface area (Å²) in [6.07, 6.45) is 2.16. The van der Waals surface area contributed by atoms with E-state index in [9.17, 15) is 14.4 Å². The van der Waals surface area contributed by atoms with Gasteiger partial charge in [-0.2, -0.15) is 5.10 Å². The normalized spacial score (nSPS) is 13.9. The summed E-state index contributed by atoms with van der Waals surface area (Å²) >= 11 is 0. The second kappa shape index (κ2) is 11.2. The van der Waals surface area contributed by atoms with Gasteiger partial charge >= 0.3 is 5.97 Å². The van der Waals surface area contributed by atoms with Gasteiger partial charge in [0.25, 0.3) is 5.91 Å². The van der Waals surface area contributed by atoms with Crippen molar-refractivity contribution in [3.05, 3.63) is 77.1 Å². The van der Waals surface area contributed by atoms with Gasteiger partial charge in [-0.3, -0.25) is 14.4 Å². The van der Waals surface area contributed by atoms with E-state index in [1.165, 1.54) is 7.11 Å². The highest BCUT2D eigenvalue weighted by molar-refractivity contribution is 5.95. The number of hydrogen-bond acceptors (Lipinski definition) is 5. The van der Waals surface area contributed by atoms with Crippen LogP contribution in [0.15, 0.2) is 54.6 Å². The van der Waals surface area contributed by atoms with E-state index in [4.69, 9.17) is 4.74 Å². The Morgan fingerprint density at radius 3 is 2.31 bits per heavy atom. The highest BCUT2D eigenvalue weighted by Crippen LogP contribution is 2.23. The lowest BCUT2D eigenvalue weighted by molar-refractivity contribution is -0.140. The molecule has 0 radical (unpaired) electrons. The van der Waals surface area contributed by atoms with Crippen LogP contribution in [0.4, 0.5) is 5.69 Å². The molecule has 4 rings (SSSR count). The zero-order chi connectivity index (χ0) is 25.7. The first kappa shape index (κ1) is 25.2. The predicted octanol–water partition coefficient (Wildman–Crippen LogP) is 4.09. The number of ether oxygens (including phenoxy) is 1. The summed E-state index contributed by atoms with van der Waals surface area (Å²) in [5.41, 5.74) is 5.12. The number of likely N-dealkylation sites (tertiary alicyclic amines) is 1. The van der Waals surface area contributed by atoms with E-state index in [2.05, 4.69) is 10.4 Å². The molecule has 8 heteroatoms. The zero-order valence-corrected chi connectivity index (χ0v) is 21.0. The molecule has 1 aliphatic heterocycles. The average Bonchev–Trinajstić information content (AvgIpc) is 3.20. The van der Waals surface area contributed by atoms with Crippen LogP contribution < -0.4 is 5.32 Å². The number of aryl methyl sites for hydroxylation is 1. The number of para-hydroxylation sites is 1. The lowest BCUT2D eigenvalue weighted by atomic mass is 9.95. The Morgan fingerprint density at radius 1 is 1.00 bits per heavy atom. The molecule has 2 heterocycles. The number of aromatic nitrogens is 2. The second-order valence-electron chi connectivity index (χ2n) is 9.11. The number of methoxy groups -OCH3 is 1. The van der Waals surface area contributed by atoms with Crippen LogP contribution in [0.5, 0.6) is 0 Å². The number of hydrogen-bond donors (Lipinski definition) is 1. The largest absolute Gasteiger partial charge is 0.469 e. The summed E-state index contributed by atoms with van der Waals surface area (Å²) in [6.45, 7) is 5.00. The smallest absolute Gasteiger partial charge is 0.305 e. The number of piperidine rings is 1. The number of nitrogens with zero attached hydrogens (tertiary/aromatic N) is 3. The molecule has 3 aromatic rings. The van der Waals surface area contributed by atoms with Crippen molar-refractivity contribution in [1.82, 2.24) is 14.7 Å². The number of benzene rings is 2. The Bertz CT molecular complexity index is 1230. The van der Waals surface area contributed by atoms with E-state index < -0.39 is 0 Å².